The van der Waals surface area contributed by atoms with Crippen molar-refractivity contribution in [3.05, 3.63) is 82.4 Å². The van der Waals surface area contributed by atoms with Crippen molar-refractivity contribution in [2.24, 2.45) is 0 Å². The van der Waals surface area contributed by atoms with Crippen LogP contribution in [0.2, 0.25) is 0 Å². The molecule has 4 unspecified atom stereocenters. The summed E-state index contributed by atoms with van der Waals surface area (Å²) in [5.41, 5.74) is 24.2. The van der Waals surface area contributed by atoms with Crippen molar-refractivity contribution in [3.8, 4) is 0 Å². The summed E-state index contributed by atoms with van der Waals surface area (Å²) in [5, 5.41) is 1.42. The number of aromatic nitrogens is 12. The fourth-order valence-electron chi connectivity index (χ4n) is 10.9. The Bertz CT molecular complexity index is 4090. The molecule has 8 aromatic rings. The van der Waals surface area contributed by atoms with Crippen molar-refractivity contribution in [1.29, 1.82) is 0 Å². The number of rotatable bonds is 4. The number of nitrogen functional groups attached to an aromatic ring is 4. The Kier molecular flexibility index (Phi) is 16.6. The highest BCUT2D eigenvalue weighted by atomic mass is 32.5. The maximum Gasteiger partial charge on any atom is 0.325 e. The maximum atomic E-state index is 15.9. The summed E-state index contributed by atoms with van der Waals surface area (Å²) in [4.78, 5) is 98.3. The van der Waals surface area contributed by atoms with Crippen molar-refractivity contribution < 1.29 is 83.5 Å². The first-order chi connectivity index (χ1) is 41.8. The van der Waals surface area contributed by atoms with Gasteiger partial charge in [0, 0.05) is 59.8 Å². The SMILES string of the molecule is Nc1nc2c(ncn2[C@@H]2O[C@@H]3COP(O)(=S)O[C@H]4C[C@H](n5ccc6c(N)ccnc65)O[C@@H]4COP(O)(=S)O[C@@H]2[C@@H]3F)c(=O)[nH]1.Nc1nc2c(ncn2[C@@H]2O[C@@H]3COP(O)(=S)O[C@H]4C[C@H](n5ccc6c(N)ccnc65)O[C@@H]4COP(O)(=S)O[C@@H]2[C@@H]3F)c(=O)[nH]1. The third kappa shape index (κ3) is 12.1. The second-order valence-corrected chi connectivity index (χ2v) is 31.7. The number of halogens is 2. The van der Waals surface area contributed by atoms with Gasteiger partial charge in [-0.2, -0.15) is 9.97 Å². The molecule has 88 heavy (non-hydrogen) atoms. The van der Waals surface area contributed by atoms with Crippen molar-refractivity contribution in [2.75, 3.05) is 49.4 Å². The van der Waals surface area contributed by atoms with Crippen LogP contribution >= 0.6 is 26.9 Å². The minimum Gasteiger partial charge on any atom is -0.398 e. The number of fused-ring (bicyclic) bond motifs is 10. The number of alkyl halides is 2. The standard InChI is InChI=1S/2C22H25FN8O9P2S2/c2*23-15-13-7-36-41(33,43)39-11-5-14(30-4-2-9-10(24)1-3-26-18(9)30)37-12(11)6-35-42(34,44)40-17(15)21(38-13)31-8-27-16-19(31)28-22(25)29-20(16)32/h2*1-4,8,11-15,17,21H,5-7H2,(H2,24,26)(H,33,43)(H,34,44)(H3,25,28,29,32)/t2*11-,12+,13+,14+,15+,17+,21+,41?,42?/m00/s1. The zero-order valence-corrected chi connectivity index (χ0v) is 51.4. The van der Waals surface area contributed by atoms with E-state index in [4.69, 9.17) is 125 Å². The van der Waals surface area contributed by atoms with Gasteiger partial charge in [-0.25, -0.2) is 28.7 Å². The van der Waals surface area contributed by atoms with Crippen LogP contribution in [0.1, 0.15) is 37.8 Å². The van der Waals surface area contributed by atoms with Crippen LogP contribution in [0.4, 0.5) is 32.1 Å². The minimum absolute atomic E-state index is 0.0375. The number of nitrogens with two attached hydrogens (primary N) is 4. The number of aromatic amines is 2. The van der Waals surface area contributed by atoms with Gasteiger partial charge in [0.2, 0.25) is 11.9 Å². The molecule has 44 heteroatoms. The molecule has 14 N–H and O–H groups in total. The van der Waals surface area contributed by atoms with Gasteiger partial charge < -0.3 is 97.7 Å². The highest BCUT2D eigenvalue weighted by Gasteiger charge is 2.54. The molecule has 6 saturated heterocycles. The van der Waals surface area contributed by atoms with Crippen LogP contribution in [0.15, 0.2) is 71.3 Å². The number of hydrogen-bond donors (Lipinski definition) is 10. The molecule has 0 spiro atoms. The zero-order valence-electron chi connectivity index (χ0n) is 44.6. The average Bonchev–Trinajstić information content (AvgIpc) is 2.42. The predicted octanol–water partition coefficient (Wildman–Crippen LogP) is 2.22. The molecule has 0 radical (unpaired) electrons. The molecule has 34 nitrogen and oxygen atoms in total. The number of pyridine rings is 2. The van der Waals surface area contributed by atoms with Gasteiger partial charge in [-0.3, -0.25) is 37.7 Å². The largest absolute Gasteiger partial charge is 0.398 e. The van der Waals surface area contributed by atoms with E-state index in [1.54, 1.807) is 58.2 Å². The first-order valence-electron chi connectivity index (χ1n) is 26.2. The fraction of sp³-hybridized carbons (Fsp3) is 0.455. The lowest BCUT2D eigenvalue weighted by atomic mass is 10.1. The number of nitrogens with one attached hydrogen (secondary N) is 2. The lowest BCUT2D eigenvalue weighted by Gasteiger charge is -2.27. The summed E-state index contributed by atoms with van der Waals surface area (Å²) in [6.45, 7) is -18.3. The van der Waals surface area contributed by atoms with E-state index in [-0.39, 0.29) is 60.3 Å². The topological polar surface area (TPSA) is 459 Å². The van der Waals surface area contributed by atoms with E-state index in [9.17, 15) is 29.2 Å². The Morgan fingerprint density at radius 3 is 1.27 bits per heavy atom. The molecule has 6 fully saturated rings. The number of H-pyrrole nitrogens is 2. The smallest absolute Gasteiger partial charge is 0.325 e. The van der Waals surface area contributed by atoms with Gasteiger partial charge in [-0.1, -0.05) is 0 Å². The summed E-state index contributed by atoms with van der Waals surface area (Å²) in [5.74, 6) is -0.437. The molecule has 0 aliphatic carbocycles. The van der Waals surface area contributed by atoms with Crippen LogP contribution in [0.3, 0.4) is 0 Å². The molecular weight excluding hydrogens is 1330 g/mol. The Morgan fingerprint density at radius 2 is 0.875 bits per heavy atom. The zero-order chi connectivity index (χ0) is 61.9. The average molecular weight is 1380 g/mol. The second kappa shape index (κ2) is 23.7. The molecular formula is C44H50F2N16O18P4S4. The number of hydrogen-bond acceptors (Lipinski definition) is 28. The summed E-state index contributed by atoms with van der Waals surface area (Å²) >= 11 is 21.0. The van der Waals surface area contributed by atoms with Gasteiger partial charge in [0.15, 0.2) is 47.1 Å². The molecule has 0 amide bonds. The van der Waals surface area contributed by atoms with Gasteiger partial charge in [0.25, 0.3) is 11.1 Å². The minimum atomic E-state index is -4.19. The Balaban J connectivity index is 0.000000162. The Labute approximate surface area is 511 Å². The summed E-state index contributed by atoms with van der Waals surface area (Å²) < 4.78 is 107. The first-order valence-corrected chi connectivity index (χ1v) is 36.5. The molecule has 18 atom stereocenters. The molecule has 14 rings (SSSR count). The molecule has 8 aromatic heterocycles. The van der Waals surface area contributed by atoms with E-state index in [0.717, 1.165) is 0 Å². The molecule has 4 bridgehead atoms. The summed E-state index contributed by atoms with van der Waals surface area (Å²) in [6.07, 6.45) is -8.24. The number of anilines is 4. The van der Waals surface area contributed by atoms with Crippen molar-refractivity contribution in [2.45, 2.75) is 98.9 Å². The highest BCUT2D eigenvalue weighted by Crippen LogP contribution is 2.57. The van der Waals surface area contributed by atoms with Crippen molar-refractivity contribution in [3.63, 3.8) is 0 Å². The quantitative estimate of drug-likeness (QED) is 0.113. The van der Waals surface area contributed by atoms with Gasteiger partial charge in [0.05, 0.1) is 51.3 Å². The third-order valence-electron chi connectivity index (χ3n) is 14.9. The van der Waals surface area contributed by atoms with E-state index < -0.39 is 137 Å². The fourth-order valence-corrected chi connectivity index (χ4v) is 16.7. The van der Waals surface area contributed by atoms with Crippen LogP contribution in [0, 0.1) is 0 Å². The molecule has 6 aliphatic heterocycles. The number of nitrogens with zero attached hydrogens (tertiary/aromatic N) is 10. The van der Waals surface area contributed by atoms with Crippen LogP contribution in [-0.2, 0) is 102 Å². The van der Waals surface area contributed by atoms with Crippen LogP contribution < -0.4 is 34.1 Å². The third-order valence-corrected chi connectivity index (χ3v) is 21.2. The summed E-state index contributed by atoms with van der Waals surface area (Å²) in [6, 6.07) is 6.92. The highest BCUT2D eigenvalue weighted by molar-refractivity contribution is 8.08. The van der Waals surface area contributed by atoms with Crippen LogP contribution in [0.25, 0.3) is 44.4 Å². The van der Waals surface area contributed by atoms with E-state index in [1.165, 1.54) is 21.8 Å². The van der Waals surface area contributed by atoms with Crippen LogP contribution in [0.5, 0.6) is 0 Å². The number of imidazole rings is 2. The Hall–Kier alpha value is -4.90. The van der Waals surface area contributed by atoms with Gasteiger partial charge in [-0.05, 0) is 71.5 Å². The molecule has 0 aromatic carbocycles. The molecule has 6 aliphatic rings. The Morgan fingerprint density at radius 1 is 0.500 bits per heavy atom. The monoisotopic (exact) mass is 1380 g/mol. The summed E-state index contributed by atoms with van der Waals surface area (Å²) in [7, 11) is 0. The van der Waals surface area contributed by atoms with E-state index >= 15 is 8.78 Å². The maximum absolute atomic E-state index is 15.9. The van der Waals surface area contributed by atoms with Gasteiger partial charge in [0.1, 0.15) is 60.4 Å². The van der Waals surface area contributed by atoms with Gasteiger partial charge >= 0.3 is 26.9 Å². The van der Waals surface area contributed by atoms with E-state index in [0.29, 0.717) is 33.4 Å². The molecule has 472 valence electrons. The van der Waals surface area contributed by atoms with E-state index in [1.807, 2.05) is 0 Å². The lowest BCUT2D eigenvalue weighted by molar-refractivity contribution is -0.0596. The molecule has 14 heterocycles. The predicted molar refractivity (Wildman–Crippen MR) is 317 cm³/mol. The number of ether oxygens (including phenoxy) is 4. The van der Waals surface area contributed by atoms with Crippen molar-refractivity contribution >= 4 is 142 Å². The first kappa shape index (κ1) is 61.9. The lowest BCUT2D eigenvalue weighted by Crippen LogP contribution is -2.32. The second-order valence-electron chi connectivity index (χ2n) is 20.5. The molecule has 0 saturated carbocycles. The normalized spacial score (nSPS) is 36.6. The van der Waals surface area contributed by atoms with E-state index in [2.05, 4.69) is 39.9 Å². The van der Waals surface area contributed by atoms with Crippen molar-refractivity contribution in [1.82, 2.24) is 58.1 Å². The van der Waals surface area contributed by atoms with Gasteiger partial charge in [-0.15, -0.1) is 0 Å². The van der Waals surface area contributed by atoms with Crippen LogP contribution in [-0.4, -0.2) is 165 Å².